The highest BCUT2D eigenvalue weighted by Gasteiger charge is 2.08. The summed E-state index contributed by atoms with van der Waals surface area (Å²) in [5, 5.41) is 9.73. The van der Waals surface area contributed by atoms with Crippen molar-refractivity contribution < 1.29 is 19.0 Å². The normalized spacial score (nSPS) is 10.7. The first-order valence-electron chi connectivity index (χ1n) is 7.09. The number of benzene rings is 2. The molecule has 0 atom stereocenters. The fourth-order valence-corrected chi connectivity index (χ4v) is 2.29. The zero-order valence-electron chi connectivity index (χ0n) is 12.2. The van der Waals surface area contributed by atoms with Crippen LogP contribution in [0.2, 0.25) is 0 Å². The summed E-state index contributed by atoms with van der Waals surface area (Å²) < 4.78 is 19.4. The van der Waals surface area contributed by atoms with Crippen molar-refractivity contribution in [3.63, 3.8) is 0 Å². The molecule has 1 heterocycles. The van der Waals surface area contributed by atoms with Crippen molar-refractivity contribution in [1.29, 1.82) is 0 Å². The molecule has 0 unspecified atom stereocenters. The van der Waals surface area contributed by atoms with Crippen LogP contribution in [-0.2, 0) is 17.8 Å². The smallest absolute Gasteiger partial charge is 0.307 e. The van der Waals surface area contributed by atoms with E-state index in [-0.39, 0.29) is 18.8 Å². The topological polar surface area (TPSA) is 59.4 Å². The Hall–Kier alpha value is -2.95. The molecule has 116 valence electrons. The molecule has 3 aromatic rings. The molecule has 2 aromatic carbocycles. The van der Waals surface area contributed by atoms with Gasteiger partial charge in [-0.05, 0) is 29.8 Å². The van der Waals surface area contributed by atoms with Crippen LogP contribution in [-0.4, -0.2) is 16.1 Å². The average molecular weight is 311 g/mol. The second-order valence-electron chi connectivity index (χ2n) is 5.12. The number of carbonyl (C=O) groups is 1. The predicted octanol–water partition coefficient (Wildman–Crippen LogP) is 3.58. The average Bonchev–Trinajstić information content (AvgIpc) is 2.53. The van der Waals surface area contributed by atoms with E-state index in [4.69, 9.17) is 9.84 Å². The van der Waals surface area contributed by atoms with Gasteiger partial charge in [-0.2, -0.15) is 0 Å². The zero-order chi connectivity index (χ0) is 16.2. The van der Waals surface area contributed by atoms with E-state index in [1.165, 1.54) is 12.1 Å². The van der Waals surface area contributed by atoms with E-state index in [1.54, 1.807) is 6.07 Å². The summed E-state index contributed by atoms with van der Waals surface area (Å²) in [6.45, 7) is 0.139. The molecule has 1 aromatic heterocycles. The van der Waals surface area contributed by atoms with E-state index in [9.17, 15) is 9.18 Å². The highest BCUT2D eigenvalue weighted by Crippen LogP contribution is 2.20. The number of carboxylic acids is 1. The van der Waals surface area contributed by atoms with Crippen molar-refractivity contribution >= 4 is 16.9 Å². The highest BCUT2D eigenvalue weighted by atomic mass is 19.1. The van der Waals surface area contributed by atoms with Crippen molar-refractivity contribution in [2.24, 2.45) is 0 Å². The van der Waals surface area contributed by atoms with Crippen molar-refractivity contribution in [2.45, 2.75) is 13.0 Å². The quantitative estimate of drug-likeness (QED) is 0.782. The summed E-state index contributed by atoms with van der Waals surface area (Å²) in [5.74, 6) is -1.50. The maximum Gasteiger partial charge on any atom is 0.307 e. The number of para-hydroxylation sites is 1. The van der Waals surface area contributed by atoms with Crippen LogP contribution < -0.4 is 4.74 Å². The molecule has 1 N–H and O–H groups in total. The lowest BCUT2D eigenvalue weighted by Gasteiger charge is -2.08. The number of rotatable bonds is 5. The molecule has 0 saturated heterocycles. The second-order valence-corrected chi connectivity index (χ2v) is 5.12. The van der Waals surface area contributed by atoms with Gasteiger partial charge < -0.3 is 9.84 Å². The number of aliphatic carboxylic acids is 1. The third kappa shape index (κ3) is 3.63. The molecule has 0 amide bonds. The second kappa shape index (κ2) is 6.44. The van der Waals surface area contributed by atoms with Crippen LogP contribution in [0, 0.1) is 5.82 Å². The molecular weight excluding hydrogens is 297 g/mol. The van der Waals surface area contributed by atoms with Crippen molar-refractivity contribution in [2.75, 3.05) is 0 Å². The Morgan fingerprint density at radius 2 is 1.96 bits per heavy atom. The summed E-state index contributed by atoms with van der Waals surface area (Å²) in [4.78, 5) is 15.1. The van der Waals surface area contributed by atoms with Crippen molar-refractivity contribution in [3.05, 3.63) is 71.7 Å². The van der Waals surface area contributed by atoms with Crippen molar-refractivity contribution in [3.8, 4) is 5.75 Å². The number of aromatic nitrogens is 1. The summed E-state index contributed by atoms with van der Waals surface area (Å²) in [5.41, 5.74) is 1.94. The lowest BCUT2D eigenvalue weighted by atomic mass is 10.1. The minimum atomic E-state index is -1.00. The largest absolute Gasteiger partial charge is 0.484 e. The van der Waals surface area contributed by atoms with Gasteiger partial charge in [0.1, 0.15) is 6.61 Å². The number of halogens is 1. The number of fused-ring (bicyclic) bond motifs is 1. The van der Waals surface area contributed by atoms with Gasteiger partial charge >= 0.3 is 5.97 Å². The highest BCUT2D eigenvalue weighted by molar-refractivity contribution is 5.78. The van der Waals surface area contributed by atoms with Crippen LogP contribution >= 0.6 is 0 Å². The molecule has 23 heavy (non-hydrogen) atoms. The van der Waals surface area contributed by atoms with Crippen molar-refractivity contribution in [1.82, 2.24) is 4.98 Å². The molecule has 0 aliphatic carbocycles. The third-order valence-electron chi connectivity index (χ3n) is 3.38. The predicted molar refractivity (Wildman–Crippen MR) is 83.8 cm³/mol. The number of hydrogen-bond donors (Lipinski definition) is 1. The molecule has 0 radical (unpaired) electrons. The minimum Gasteiger partial charge on any atom is -0.484 e. The molecule has 5 heteroatoms. The molecule has 0 aliphatic rings. The van der Waals surface area contributed by atoms with Crippen LogP contribution in [0.4, 0.5) is 4.39 Å². The summed E-state index contributed by atoms with van der Waals surface area (Å²) >= 11 is 0. The summed E-state index contributed by atoms with van der Waals surface area (Å²) in [7, 11) is 0. The fourth-order valence-electron chi connectivity index (χ4n) is 2.29. The van der Waals surface area contributed by atoms with Gasteiger partial charge in [0.25, 0.3) is 0 Å². The van der Waals surface area contributed by atoms with Gasteiger partial charge in [0.2, 0.25) is 0 Å². The Morgan fingerprint density at radius 1 is 1.13 bits per heavy atom. The Labute approximate surface area is 132 Å². The summed E-state index contributed by atoms with van der Waals surface area (Å²) in [6.07, 6.45) is -0.219. The van der Waals surface area contributed by atoms with Crippen LogP contribution in [0.25, 0.3) is 10.9 Å². The monoisotopic (exact) mass is 311 g/mol. The molecule has 0 fully saturated rings. The minimum absolute atomic E-state index is 0.0779. The first kappa shape index (κ1) is 15.0. The molecule has 0 aliphatic heterocycles. The fraction of sp³-hybridized carbons (Fsp3) is 0.111. The maximum atomic E-state index is 13.9. The van der Waals surface area contributed by atoms with Gasteiger partial charge in [0.15, 0.2) is 11.6 Å². The number of ether oxygens (including phenoxy) is 1. The Bertz CT molecular complexity index is 864. The molecule has 0 spiro atoms. The zero-order valence-corrected chi connectivity index (χ0v) is 12.2. The van der Waals surface area contributed by atoms with Gasteiger partial charge in [-0.15, -0.1) is 0 Å². The van der Waals surface area contributed by atoms with E-state index in [0.29, 0.717) is 11.3 Å². The first-order valence-corrected chi connectivity index (χ1v) is 7.09. The van der Waals surface area contributed by atoms with Gasteiger partial charge in [0.05, 0.1) is 17.6 Å². The van der Waals surface area contributed by atoms with E-state index < -0.39 is 11.8 Å². The van der Waals surface area contributed by atoms with Crippen LogP contribution in [0.3, 0.4) is 0 Å². The standard InChI is InChI=1S/C18H14FNO3/c19-15-9-12(10-18(21)22)5-8-17(15)23-11-14-7-6-13-3-1-2-4-16(13)20-14/h1-9H,10-11H2,(H,21,22). The number of pyridine rings is 1. The van der Waals surface area contributed by atoms with E-state index in [0.717, 1.165) is 10.9 Å². The third-order valence-corrected chi connectivity index (χ3v) is 3.38. The molecule has 3 rings (SSSR count). The van der Waals surface area contributed by atoms with Gasteiger partial charge in [-0.25, -0.2) is 9.37 Å². The number of hydrogen-bond acceptors (Lipinski definition) is 3. The molecule has 4 nitrogen and oxygen atoms in total. The van der Waals surface area contributed by atoms with Crippen LogP contribution in [0.5, 0.6) is 5.75 Å². The lowest BCUT2D eigenvalue weighted by Crippen LogP contribution is -2.03. The Kier molecular flexibility index (Phi) is 4.19. The van der Waals surface area contributed by atoms with Crippen LogP contribution in [0.15, 0.2) is 54.6 Å². The van der Waals surface area contributed by atoms with Gasteiger partial charge in [0, 0.05) is 5.39 Å². The summed E-state index contributed by atoms with van der Waals surface area (Å²) in [6, 6.07) is 15.6. The molecule has 0 bridgehead atoms. The molecular formula is C18H14FNO3. The van der Waals surface area contributed by atoms with E-state index >= 15 is 0 Å². The van der Waals surface area contributed by atoms with Gasteiger partial charge in [-0.1, -0.05) is 30.3 Å². The Morgan fingerprint density at radius 3 is 2.74 bits per heavy atom. The molecule has 0 saturated carbocycles. The van der Waals surface area contributed by atoms with Crippen LogP contribution in [0.1, 0.15) is 11.3 Å². The first-order chi connectivity index (χ1) is 11.1. The SMILES string of the molecule is O=C(O)Cc1ccc(OCc2ccc3ccccc3n2)c(F)c1. The van der Waals surface area contributed by atoms with E-state index in [2.05, 4.69) is 4.98 Å². The Balaban J connectivity index is 1.72. The maximum absolute atomic E-state index is 13.9. The van der Waals surface area contributed by atoms with Gasteiger partial charge in [-0.3, -0.25) is 4.79 Å². The lowest BCUT2D eigenvalue weighted by molar-refractivity contribution is -0.136. The number of carboxylic acid groups (broad SMARTS) is 1. The van der Waals surface area contributed by atoms with E-state index in [1.807, 2.05) is 36.4 Å². The number of nitrogens with zero attached hydrogens (tertiary/aromatic N) is 1.